The number of carbonyl (C=O) groups is 1. The summed E-state index contributed by atoms with van der Waals surface area (Å²) >= 11 is 11.8. The summed E-state index contributed by atoms with van der Waals surface area (Å²) in [5, 5.41) is 6.97. The van der Waals surface area contributed by atoms with Crippen molar-refractivity contribution >= 4 is 29.1 Å². The molecular formula is C18H12Cl2F3N3O. The number of rotatable bonds is 4. The molecule has 0 aliphatic carbocycles. The van der Waals surface area contributed by atoms with Gasteiger partial charge in [0.25, 0.3) is 5.91 Å². The zero-order valence-electron chi connectivity index (χ0n) is 13.6. The second-order valence-corrected chi connectivity index (χ2v) is 6.41. The Hall–Kier alpha value is -2.51. The first kappa shape index (κ1) is 19.3. The minimum atomic E-state index is -4.78. The lowest BCUT2D eigenvalue weighted by Gasteiger charge is -2.13. The van der Waals surface area contributed by atoms with Crippen molar-refractivity contribution < 1.29 is 18.0 Å². The molecule has 4 nitrogen and oxygen atoms in total. The lowest BCUT2D eigenvalue weighted by atomic mass is 10.2. The third-order valence-corrected chi connectivity index (χ3v) is 4.37. The van der Waals surface area contributed by atoms with Crippen LogP contribution in [0.5, 0.6) is 0 Å². The van der Waals surface area contributed by atoms with Gasteiger partial charge in [0.15, 0.2) is 5.69 Å². The minimum Gasteiger partial charge on any atom is -0.348 e. The molecule has 0 aliphatic heterocycles. The number of nitrogens with zero attached hydrogens (tertiary/aromatic N) is 2. The number of nitrogens with one attached hydrogen (secondary N) is 1. The lowest BCUT2D eigenvalue weighted by Crippen LogP contribution is -2.26. The first-order valence-corrected chi connectivity index (χ1v) is 8.45. The van der Waals surface area contributed by atoms with Gasteiger partial charge in [-0.3, -0.25) is 4.79 Å². The highest BCUT2D eigenvalue weighted by molar-refractivity contribution is 6.31. The van der Waals surface area contributed by atoms with Crippen LogP contribution in [0.2, 0.25) is 10.0 Å². The van der Waals surface area contributed by atoms with Crippen molar-refractivity contribution in [2.75, 3.05) is 0 Å². The van der Waals surface area contributed by atoms with Crippen LogP contribution in [0.15, 0.2) is 54.7 Å². The van der Waals surface area contributed by atoms with Gasteiger partial charge in [0.1, 0.15) is 0 Å². The van der Waals surface area contributed by atoms with Gasteiger partial charge in [-0.25, -0.2) is 4.68 Å². The predicted octanol–water partition coefficient (Wildman–Crippen LogP) is 5.13. The smallest absolute Gasteiger partial charge is 0.348 e. The van der Waals surface area contributed by atoms with Crippen LogP contribution >= 0.6 is 23.2 Å². The summed E-state index contributed by atoms with van der Waals surface area (Å²) in [6.45, 7) is -0.0120. The van der Waals surface area contributed by atoms with E-state index in [1.54, 1.807) is 24.3 Å². The van der Waals surface area contributed by atoms with Crippen LogP contribution in [-0.4, -0.2) is 15.7 Å². The van der Waals surface area contributed by atoms with E-state index in [0.29, 0.717) is 20.3 Å². The van der Waals surface area contributed by atoms with Crippen molar-refractivity contribution in [2.24, 2.45) is 0 Å². The fourth-order valence-electron chi connectivity index (χ4n) is 2.48. The summed E-state index contributed by atoms with van der Waals surface area (Å²) in [4.78, 5) is 12.4. The summed E-state index contributed by atoms with van der Waals surface area (Å²) in [5.74, 6) is -0.901. The molecule has 1 amide bonds. The van der Waals surface area contributed by atoms with E-state index in [0.717, 1.165) is 6.20 Å². The van der Waals surface area contributed by atoms with Crippen molar-refractivity contribution in [3.8, 4) is 5.69 Å². The Morgan fingerprint density at radius 1 is 1.07 bits per heavy atom. The van der Waals surface area contributed by atoms with E-state index in [-0.39, 0.29) is 12.2 Å². The van der Waals surface area contributed by atoms with Gasteiger partial charge in [-0.05, 0) is 35.9 Å². The average molecular weight is 414 g/mol. The van der Waals surface area contributed by atoms with Crippen molar-refractivity contribution in [2.45, 2.75) is 12.7 Å². The number of halogens is 5. The van der Waals surface area contributed by atoms with Crippen LogP contribution < -0.4 is 5.32 Å². The quantitative estimate of drug-likeness (QED) is 0.644. The number of aromatic nitrogens is 2. The van der Waals surface area contributed by atoms with Gasteiger partial charge in [-0.1, -0.05) is 41.4 Å². The van der Waals surface area contributed by atoms with Crippen LogP contribution in [0, 0.1) is 0 Å². The maximum absolute atomic E-state index is 13.6. The molecule has 140 valence electrons. The minimum absolute atomic E-state index is 0.0120. The molecule has 3 rings (SSSR count). The fourth-order valence-corrected chi connectivity index (χ4v) is 2.81. The standard InChI is InChI=1S/C18H12Cl2F3N3O/c19-12-5-7-13(8-6-12)26-16(18(21,22)23)14(10-25-26)17(27)24-9-11-3-1-2-4-15(11)20/h1-8,10H,9H2,(H,24,27). The summed E-state index contributed by atoms with van der Waals surface area (Å²) in [6.07, 6.45) is -3.90. The van der Waals surface area contributed by atoms with Crippen molar-refractivity contribution in [1.29, 1.82) is 0 Å². The number of carbonyl (C=O) groups excluding carboxylic acids is 1. The Balaban J connectivity index is 1.92. The molecular weight excluding hydrogens is 402 g/mol. The van der Waals surface area contributed by atoms with Gasteiger partial charge in [0.05, 0.1) is 17.4 Å². The third kappa shape index (κ3) is 4.26. The zero-order chi connectivity index (χ0) is 19.6. The van der Waals surface area contributed by atoms with Gasteiger partial charge >= 0.3 is 6.18 Å². The normalized spacial score (nSPS) is 11.4. The van der Waals surface area contributed by atoms with Gasteiger partial charge in [0, 0.05) is 16.6 Å². The van der Waals surface area contributed by atoms with Crippen LogP contribution in [0.1, 0.15) is 21.6 Å². The van der Waals surface area contributed by atoms with Gasteiger partial charge in [-0.2, -0.15) is 18.3 Å². The van der Waals surface area contributed by atoms with E-state index >= 15 is 0 Å². The average Bonchev–Trinajstić information content (AvgIpc) is 3.07. The topological polar surface area (TPSA) is 46.9 Å². The van der Waals surface area contributed by atoms with Crippen LogP contribution in [-0.2, 0) is 12.7 Å². The Kier molecular flexibility index (Phi) is 5.43. The molecule has 0 bridgehead atoms. The van der Waals surface area contributed by atoms with Crippen molar-refractivity contribution in [3.05, 3.63) is 81.6 Å². The fraction of sp³-hybridized carbons (Fsp3) is 0.111. The molecule has 1 N–H and O–H groups in total. The lowest BCUT2D eigenvalue weighted by molar-refractivity contribution is -0.143. The van der Waals surface area contributed by atoms with Gasteiger partial charge in [-0.15, -0.1) is 0 Å². The Morgan fingerprint density at radius 3 is 2.37 bits per heavy atom. The monoisotopic (exact) mass is 413 g/mol. The van der Waals surface area contributed by atoms with E-state index < -0.39 is 23.3 Å². The van der Waals surface area contributed by atoms with Gasteiger partial charge < -0.3 is 5.32 Å². The summed E-state index contributed by atoms with van der Waals surface area (Å²) in [5.41, 5.74) is -1.02. The van der Waals surface area contributed by atoms with Crippen molar-refractivity contribution in [1.82, 2.24) is 15.1 Å². The molecule has 0 unspecified atom stereocenters. The number of hydrogen-bond donors (Lipinski definition) is 1. The molecule has 3 aromatic rings. The predicted molar refractivity (Wildman–Crippen MR) is 96.2 cm³/mol. The van der Waals surface area contributed by atoms with Crippen LogP contribution in [0.4, 0.5) is 13.2 Å². The van der Waals surface area contributed by atoms with Crippen molar-refractivity contribution in [3.63, 3.8) is 0 Å². The van der Waals surface area contributed by atoms with E-state index in [1.807, 2.05) is 0 Å². The highest BCUT2D eigenvalue weighted by Gasteiger charge is 2.40. The highest BCUT2D eigenvalue weighted by atomic mass is 35.5. The van der Waals surface area contributed by atoms with Crippen LogP contribution in [0.25, 0.3) is 5.69 Å². The second kappa shape index (κ2) is 7.62. The molecule has 0 spiro atoms. The van der Waals surface area contributed by atoms with Crippen LogP contribution in [0.3, 0.4) is 0 Å². The molecule has 27 heavy (non-hydrogen) atoms. The molecule has 2 aromatic carbocycles. The summed E-state index contributed by atoms with van der Waals surface area (Å²) in [7, 11) is 0. The maximum Gasteiger partial charge on any atom is 0.434 e. The summed E-state index contributed by atoms with van der Waals surface area (Å²) < 4.78 is 41.5. The molecule has 9 heteroatoms. The third-order valence-electron chi connectivity index (χ3n) is 3.75. The Labute approximate surface area is 162 Å². The number of benzene rings is 2. The molecule has 1 aromatic heterocycles. The van der Waals surface area contributed by atoms with Gasteiger partial charge in [0.2, 0.25) is 0 Å². The Morgan fingerprint density at radius 2 is 1.74 bits per heavy atom. The number of amides is 1. The zero-order valence-corrected chi connectivity index (χ0v) is 15.1. The molecule has 0 aliphatic rings. The molecule has 0 saturated carbocycles. The highest BCUT2D eigenvalue weighted by Crippen LogP contribution is 2.34. The SMILES string of the molecule is O=C(NCc1ccccc1Cl)c1cnn(-c2ccc(Cl)cc2)c1C(F)(F)F. The molecule has 0 fully saturated rings. The van der Waals surface area contributed by atoms with E-state index in [2.05, 4.69) is 10.4 Å². The maximum atomic E-state index is 13.6. The number of alkyl halides is 3. The Bertz CT molecular complexity index is 969. The second-order valence-electron chi connectivity index (χ2n) is 5.57. The first-order valence-electron chi connectivity index (χ1n) is 7.70. The number of hydrogen-bond acceptors (Lipinski definition) is 2. The summed E-state index contributed by atoms with van der Waals surface area (Å²) in [6, 6.07) is 12.4. The molecule has 0 radical (unpaired) electrons. The molecule has 0 saturated heterocycles. The first-order chi connectivity index (χ1) is 12.8. The van der Waals surface area contributed by atoms with E-state index in [4.69, 9.17) is 23.2 Å². The molecule has 0 atom stereocenters. The molecule has 1 heterocycles. The largest absolute Gasteiger partial charge is 0.434 e. The van der Waals surface area contributed by atoms with E-state index in [1.165, 1.54) is 24.3 Å². The van der Waals surface area contributed by atoms with E-state index in [9.17, 15) is 18.0 Å².